The zero-order valence-electron chi connectivity index (χ0n) is 11.2. The molecule has 1 saturated carbocycles. The molecule has 16 heavy (non-hydrogen) atoms. The molecule has 1 unspecified atom stereocenters. The second-order valence-corrected chi connectivity index (χ2v) is 5.34. The minimum Gasteiger partial charge on any atom is -0.383 e. The Hall–Kier alpha value is -0.720. The average molecular weight is 221 g/mol. The fraction of sp³-hybridized carbons (Fsp3) is 0.733. The van der Waals surface area contributed by atoms with E-state index in [-0.39, 0.29) is 0 Å². The molecule has 0 radical (unpaired) electrons. The highest BCUT2D eigenvalue weighted by molar-refractivity contribution is 5.02. The largest absolute Gasteiger partial charge is 0.383 e. The van der Waals surface area contributed by atoms with Gasteiger partial charge in [-0.2, -0.15) is 0 Å². The van der Waals surface area contributed by atoms with Crippen LogP contribution in [0, 0.1) is 11.8 Å². The van der Waals surface area contributed by atoms with Gasteiger partial charge in [-0.15, -0.1) is 0 Å². The topological polar surface area (TPSA) is 3.24 Å². The first-order chi connectivity index (χ1) is 7.70. The lowest BCUT2D eigenvalue weighted by Gasteiger charge is -2.26. The van der Waals surface area contributed by atoms with E-state index in [2.05, 4.69) is 50.3 Å². The van der Waals surface area contributed by atoms with Gasteiger partial charge in [-0.05, 0) is 30.5 Å². The molecular formula is C15H27N. The maximum Gasteiger partial charge on any atom is 0.00556 e. The van der Waals surface area contributed by atoms with E-state index in [9.17, 15) is 0 Å². The summed E-state index contributed by atoms with van der Waals surface area (Å²) in [5, 5.41) is 0. The van der Waals surface area contributed by atoms with Gasteiger partial charge in [-0.1, -0.05) is 51.2 Å². The quantitative estimate of drug-likeness (QED) is 0.628. The maximum atomic E-state index is 2.41. The predicted octanol–water partition coefficient (Wildman–Crippen LogP) is 4.22. The predicted molar refractivity (Wildman–Crippen MR) is 72.3 cm³/mol. The van der Waals surface area contributed by atoms with E-state index in [0.717, 1.165) is 11.8 Å². The van der Waals surface area contributed by atoms with Gasteiger partial charge in [0.1, 0.15) is 0 Å². The van der Waals surface area contributed by atoms with Gasteiger partial charge in [0.25, 0.3) is 0 Å². The molecule has 0 aromatic heterocycles. The number of hydrogen-bond acceptors (Lipinski definition) is 1. The molecule has 92 valence electrons. The first-order valence-electron chi connectivity index (χ1n) is 6.70. The van der Waals surface area contributed by atoms with E-state index in [1.807, 2.05) is 0 Å². The summed E-state index contributed by atoms with van der Waals surface area (Å²) in [7, 11) is 4.10. The van der Waals surface area contributed by atoms with Gasteiger partial charge in [0.05, 0.1) is 0 Å². The summed E-state index contributed by atoms with van der Waals surface area (Å²) in [6.45, 7) is 2.41. The molecule has 1 heteroatoms. The van der Waals surface area contributed by atoms with Crippen LogP contribution in [0.5, 0.6) is 0 Å². The summed E-state index contributed by atoms with van der Waals surface area (Å²) in [5.41, 5.74) is 0. The highest BCUT2D eigenvalue weighted by Crippen LogP contribution is 2.31. The van der Waals surface area contributed by atoms with Crippen LogP contribution in [0.2, 0.25) is 0 Å². The first kappa shape index (κ1) is 13.3. The van der Waals surface area contributed by atoms with Gasteiger partial charge in [0, 0.05) is 14.1 Å². The van der Waals surface area contributed by atoms with Crippen molar-refractivity contribution in [3.05, 3.63) is 24.4 Å². The molecule has 0 heterocycles. The average Bonchev–Trinajstić information content (AvgIpc) is 2.29. The second-order valence-electron chi connectivity index (χ2n) is 5.34. The molecule has 1 nitrogen and oxygen atoms in total. The van der Waals surface area contributed by atoms with Crippen molar-refractivity contribution in [1.82, 2.24) is 4.90 Å². The Kier molecular flexibility index (Phi) is 6.29. The Morgan fingerprint density at radius 2 is 1.81 bits per heavy atom. The van der Waals surface area contributed by atoms with E-state index in [0.29, 0.717) is 0 Å². The van der Waals surface area contributed by atoms with Crippen LogP contribution in [0.4, 0.5) is 0 Å². The van der Waals surface area contributed by atoms with Crippen molar-refractivity contribution in [2.24, 2.45) is 11.8 Å². The third kappa shape index (κ3) is 5.39. The molecule has 0 aromatic carbocycles. The molecule has 1 aliphatic carbocycles. The molecule has 1 atom stereocenters. The monoisotopic (exact) mass is 221 g/mol. The van der Waals surface area contributed by atoms with Crippen LogP contribution >= 0.6 is 0 Å². The van der Waals surface area contributed by atoms with E-state index < -0.39 is 0 Å². The molecule has 0 aromatic rings. The molecule has 0 spiro atoms. The van der Waals surface area contributed by atoms with Crippen LogP contribution in [-0.2, 0) is 0 Å². The SMILES string of the molecule is CC(C/C=C\C=C/N(C)C)C1CCCCC1. The van der Waals surface area contributed by atoms with Gasteiger partial charge in [-0.25, -0.2) is 0 Å². The van der Waals surface area contributed by atoms with E-state index in [1.54, 1.807) is 0 Å². The highest BCUT2D eigenvalue weighted by atomic mass is 15.0. The minimum absolute atomic E-state index is 0.865. The Morgan fingerprint density at radius 1 is 1.12 bits per heavy atom. The normalized spacial score (nSPS) is 20.7. The Labute approximate surface area is 101 Å². The number of allylic oxidation sites excluding steroid dienone is 3. The molecule has 0 bridgehead atoms. The Bertz CT molecular complexity index is 222. The molecule has 0 aliphatic heterocycles. The van der Waals surface area contributed by atoms with Crippen molar-refractivity contribution in [1.29, 1.82) is 0 Å². The molecule has 1 aliphatic rings. The van der Waals surface area contributed by atoms with Crippen LogP contribution in [-0.4, -0.2) is 19.0 Å². The standard InChI is InChI=1S/C15H27N/c1-14(15-11-7-4-8-12-15)10-6-5-9-13-16(2)3/h5-6,9,13-15H,4,7-8,10-12H2,1-3H3/b6-5-,13-9-. The summed E-state index contributed by atoms with van der Waals surface area (Å²) in [4.78, 5) is 2.06. The van der Waals surface area contributed by atoms with Crippen LogP contribution in [0.25, 0.3) is 0 Å². The number of rotatable bonds is 5. The molecule has 1 fully saturated rings. The first-order valence-corrected chi connectivity index (χ1v) is 6.70. The number of nitrogens with zero attached hydrogens (tertiary/aromatic N) is 1. The zero-order valence-corrected chi connectivity index (χ0v) is 11.2. The third-order valence-electron chi connectivity index (χ3n) is 3.59. The van der Waals surface area contributed by atoms with Gasteiger partial charge in [-0.3, -0.25) is 0 Å². The lowest BCUT2D eigenvalue weighted by atomic mass is 9.79. The zero-order chi connectivity index (χ0) is 11.8. The van der Waals surface area contributed by atoms with Crippen LogP contribution in [0.1, 0.15) is 45.4 Å². The smallest absolute Gasteiger partial charge is 0.00556 e. The Balaban J connectivity index is 2.20. The lowest BCUT2D eigenvalue weighted by Crippen LogP contribution is -2.14. The van der Waals surface area contributed by atoms with Crippen LogP contribution in [0.3, 0.4) is 0 Å². The molecule has 0 saturated heterocycles. The van der Waals surface area contributed by atoms with Crippen LogP contribution < -0.4 is 0 Å². The molecular weight excluding hydrogens is 194 g/mol. The van der Waals surface area contributed by atoms with Crippen molar-refractivity contribution in [3.8, 4) is 0 Å². The van der Waals surface area contributed by atoms with E-state index >= 15 is 0 Å². The van der Waals surface area contributed by atoms with E-state index in [1.165, 1.54) is 38.5 Å². The number of hydrogen-bond donors (Lipinski definition) is 0. The molecule has 1 rings (SSSR count). The van der Waals surface area contributed by atoms with Gasteiger partial charge < -0.3 is 4.90 Å². The van der Waals surface area contributed by atoms with Crippen molar-refractivity contribution in [2.45, 2.75) is 45.4 Å². The van der Waals surface area contributed by atoms with Crippen molar-refractivity contribution >= 4 is 0 Å². The summed E-state index contributed by atoms with van der Waals surface area (Å²) in [5.74, 6) is 1.85. The van der Waals surface area contributed by atoms with Crippen molar-refractivity contribution in [2.75, 3.05) is 14.1 Å². The van der Waals surface area contributed by atoms with Crippen molar-refractivity contribution in [3.63, 3.8) is 0 Å². The lowest BCUT2D eigenvalue weighted by molar-refractivity contribution is 0.265. The van der Waals surface area contributed by atoms with Gasteiger partial charge >= 0.3 is 0 Å². The fourth-order valence-electron chi connectivity index (χ4n) is 2.49. The van der Waals surface area contributed by atoms with E-state index in [4.69, 9.17) is 0 Å². The Morgan fingerprint density at radius 3 is 2.44 bits per heavy atom. The van der Waals surface area contributed by atoms with Gasteiger partial charge in [0.15, 0.2) is 0 Å². The summed E-state index contributed by atoms with van der Waals surface area (Å²) in [6, 6.07) is 0. The molecule has 0 amide bonds. The van der Waals surface area contributed by atoms with Gasteiger partial charge in [0.2, 0.25) is 0 Å². The summed E-state index contributed by atoms with van der Waals surface area (Å²) < 4.78 is 0. The highest BCUT2D eigenvalue weighted by Gasteiger charge is 2.18. The summed E-state index contributed by atoms with van der Waals surface area (Å²) in [6.07, 6.45) is 17.2. The van der Waals surface area contributed by atoms with Crippen LogP contribution in [0.15, 0.2) is 24.4 Å². The third-order valence-corrected chi connectivity index (χ3v) is 3.59. The fourth-order valence-corrected chi connectivity index (χ4v) is 2.49. The summed E-state index contributed by atoms with van der Waals surface area (Å²) >= 11 is 0. The second kappa shape index (κ2) is 7.54. The molecule has 0 N–H and O–H groups in total. The minimum atomic E-state index is 0.865. The van der Waals surface area contributed by atoms with Crippen molar-refractivity contribution < 1.29 is 0 Å². The maximum absolute atomic E-state index is 2.41.